The van der Waals surface area contributed by atoms with Crippen LogP contribution in [0.3, 0.4) is 0 Å². The van der Waals surface area contributed by atoms with Gasteiger partial charge in [-0.2, -0.15) is 18.3 Å². The average Bonchev–Trinajstić information content (AvgIpc) is 3.32. The van der Waals surface area contributed by atoms with Crippen molar-refractivity contribution in [3.63, 3.8) is 0 Å². The van der Waals surface area contributed by atoms with Crippen LogP contribution in [0.1, 0.15) is 58.0 Å². The van der Waals surface area contributed by atoms with Crippen LogP contribution in [0.25, 0.3) is 11.8 Å². The van der Waals surface area contributed by atoms with Crippen molar-refractivity contribution in [1.82, 2.24) is 28.6 Å². The van der Waals surface area contributed by atoms with Gasteiger partial charge < -0.3 is 4.57 Å². The summed E-state index contributed by atoms with van der Waals surface area (Å²) in [7, 11) is 1.92. The van der Waals surface area contributed by atoms with E-state index in [1.54, 1.807) is 41.3 Å². The van der Waals surface area contributed by atoms with Gasteiger partial charge in [-0.25, -0.2) is 23.3 Å². The molecule has 7 rings (SSSR count). The number of benzene rings is 1. The molecule has 2 saturated carbocycles. The zero-order chi connectivity index (χ0) is 29.2. The standard InChI is InChI=1S/C29H26F4N6OS2/c1-37-15-25(35-16-37)42-39(21-8-9-21)22-5-2-18-10-23-17(13-36-38(23)20-6-3-19(30)4-7-20)11-28(18,12-22)26(40)27-34-14-24(41-27)29(31,32)33/h3-4,6-7,10,13-16,21-22H,2,5,8-9,11-12H2,1H3. The van der Waals surface area contributed by atoms with Crippen molar-refractivity contribution >= 4 is 35.1 Å². The quantitative estimate of drug-likeness (QED) is 0.130. The second-order valence-electron chi connectivity index (χ2n) is 11.2. The van der Waals surface area contributed by atoms with Crippen LogP contribution in [0.5, 0.6) is 0 Å². The minimum atomic E-state index is -4.57. The van der Waals surface area contributed by atoms with E-state index in [0.29, 0.717) is 42.3 Å². The summed E-state index contributed by atoms with van der Waals surface area (Å²) >= 11 is 2.00. The molecule has 42 heavy (non-hydrogen) atoms. The highest BCUT2D eigenvalue weighted by Crippen LogP contribution is 2.54. The number of Topliss-reactive ketones (excluding diaryl/α,β-unsaturated/α-hetero) is 1. The van der Waals surface area contributed by atoms with Crippen LogP contribution in [0, 0.1) is 11.2 Å². The molecule has 13 heteroatoms. The van der Waals surface area contributed by atoms with E-state index in [2.05, 4.69) is 19.4 Å². The third-order valence-electron chi connectivity index (χ3n) is 8.27. The lowest BCUT2D eigenvalue weighted by atomic mass is 9.61. The number of allylic oxidation sites excluding steroid dienone is 1. The molecule has 0 amide bonds. The Hall–Kier alpha value is -3.29. The molecule has 0 saturated heterocycles. The Morgan fingerprint density at radius 3 is 2.57 bits per heavy atom. The normalized spacial score (nSPS) is 22.1. The Labute approximate surface area is 247 Å². The smallest absolute Gasteiger partial charge is 0.339 e. The first-order valence-electron chi connectivity index (χ1n) is 13.7. The second kappa shape index (κ2) is 10.2. The number of fused-ring (bicyclic) bond motifs is 2. The summed E-state index contributed by atoms with van der Waals surface area (Å²) in [6.45, 7) is 0. The number of thiazole rings is 1. The second-order valence-corrected chi connectivity index (χ2v) is 13.2. The first kappa shape index (κ1) is 27.5. The number of rotatable bonds is 7. The maximum Gasteiger partial charge on any atom is 0.427 e. The lowest BCUT2D eigenvalue weighted by Gasteiger charge is -2.46. The van der Waals surface area contributed by atoms with E-state index < -0.39 is 16.5 Å². The summed E-state index contributed by atoms with van der Waals surface area (Å²) in [5.74, 6) is -0.732. The van der Waals surface area contributed by atoms with Crippen molar-refractivity contribution in [3.05, 3.63) is 81.7 Å². The molecule has 0 N–H and O–H groups in total. The van der Waals surface area contributed by atoms with Crippen molar-refractivity contribution in [1.29, 1.82) is 0 Å². The van der Waals surface area contributed by atoms with E-state index in [0.717, 1.165) is 47.3 Å². The molecule has 7 nitrogen and oxygen atoms in total. The Morgan fingerprint density at radius 1 is 1.12 bits per heavy atom. The predicted octanol–water partition coefficient (Wildman–Crippen LogP) is 6.75. The van der Waals surface area contributed by atoms with Crippen molar-refractivity contribution in [2.45, 2.75) is 61.8 Å². The van der Waals surface area contributed by atoms with Gasteiger partial charge in [0.15, 0.2) is 5.01 Å². The number of hydrogen-bond donors (Lipinski definition) is 0. The number of imidazole rings is 1. The maximum atomic E-state index is 14.4. The molecular formula is C29H26F4N6OS2. The molecule has 4 aromatic rings. The molecule has 3 aromatic heterocycles. The third kappa shape index (κ3) is 4.90. The number of carbonyl (C=O) groups is 1. The van der Waals surface area contributed by atoms with Gasteiger partial charge in [0.05, 0.1) is 35.5 Å². The lowest BCUT2D eigenvalue weighted by Crippen LogP contribution is -2.48. The maximum absolute atomic E-state index is 14.4. The summed E-state index contributed by atoms with van der Waals surface area (Å²) in [5, 5.41) is 5.30. The summed E-state index contributed by atoms with van der Waals surface area (Å²) in [6, 6.07) is 6.39. The number of hydrogen-bond acceptors (Lipinski definition) is 7. The molecule has 2 unspecified atom stereocenters. The molecule has 0 aliphatic heterocycles. The number of aromatic nitrogens is 5. The number of halogens is 4. The Morgan fingerprint density at radius 2 is 1.90 bits per heavy atom. The van der Waals surface area contributed by atoms with E-state index in [1.807, 2.05) is 23.9 Å². The summed E-state index contributed by atoms with van der Waals surface area (Å²) < 4.78 is 60.0. The van der Waals surface area contributed by atoms with Crippen LogP contribution in [0.2, 0.25) is 0 Å². The zero-order valence-electron chi connectivity index (χ0n) is 22.5. The van der Waals surface area contributed by atoms with Gasteiger partial charge in [0.25, 0.3) is 0 Å². The molecular weight excluding hydrogens is 588 g/mol. The molecule has 0 bridgehead atoms. The molecule has 218 valence electrons. The largest absolute Gasteiger partial charge is 0.427 e. The summed E-state index contributed by atoms with van der Waals surface area (Å²) in [4.78, 5) is 22.0. The number of aryl methyl sites for hydroxylation is 1. The molecule has 3 aliphatic rings. The first-order chi connectivity index (χ1) is 20.1. The fraction of sp³-hybridized carbons (Fsp3) is 0.379. The molecule has 2 atom stereocenters. The van der Waals surface area contributed by atoms with Crippen LogP contribution in [0.15, 0.2) is 59.8 Å². The number of nitrogens with zero attached hydrogens (tertiary/aromatic N) is 6. The summed E-state index contributed by atoms with van der Waals surface area (Å²) in [5.41, 5.74) is 2.13. The predicted molar refractivity (Wildman–Crippen MR) is 151 cm³/mol. The van der Waals surface area contributed by atoms with E-state index in [-0.39, 0.29) is 22.6 Å². The van der Waals surface area contributed by atoms with Gasteiger partial charge in [0, 0.05) is 25.3 Å². The minimum Gasteiger partial charge on any atom is -0.339 e. The molecule has 3 aliphatic carbocycles. The van der Waals surface area contributed by atoms with Gasteiger partial charge in [-0.05, 0) is 86.4 Å². The highest BCUT2D eigenvalue weighted by atomic mass is 32.2. The molecule has 1 aromatic carbocycles. The van der Waals surface area contributed by atoms with Crippen LogP contribution in [-0.4, -0.2) is 46.5 Å². The highest BCUT2D eigenvalue weighted by molar-refractivity contribution is 7.97. The van der Waals surface area contributed by atoms with Gasteiger partial charge in [0.1, 0.15) is 15.7 Å². The Kier molecular flexibility index (Phi) is 6.66. The van der Waals surface area contributed by atoms with Gasteiger partial charge in [-0.1, -0.05) is 5.57 Å². The van der Waals surface area contributed by atoms with E-state index >= 15 is 0 Å². The zero-order valence-corrected chi connectivity index (χ0v) is 24.1. The van der Waals surface area contributed by atoms with Gasteiger partial charge in [-0.3, -0.25) is 4.79 Å². The van der Waals surface area contributed by atoms with Gasteiger partial charge in [-0.15, -0.1) is 11.3 Å². The van der Waals surface area contributed by atoms with E-state index in [9.17, 15) is 22.4 Å². The molecule has 2 fully saturated rings. The summed E-state index contributed by atoms with van der Waals surface area (Å²) in [6.07, 6.45) is 7.83. The average molecular weight is 615 g/mol. The van der Waals surface area contributed by atoms with Crippen LogP contribution in [0.4, 0.5) is 17.6 Å². The van der Waals surface area contributed by atoms with Crippen molar-refractivity contribution in [2.75, 3.05) is 0 Å². The van der Waals surface area contributed by atoms with E-state index in [1.165, 1.54) is 12.1 Å². The van der Waals surface area contributed by atoms with Crippen LogP contribution >= 0.6 is 23.3 Å². The third-order valence-corrected chi connectivity index (χ3v) is 10.5. The first-order valence-corrected chi connectivity index (χ1v) is 15.3. The highest BCUT2D eigenvalue weighted by Gasteiger charge is 2.52. The van der Waals surface area contributed by atoms with Crippen molar-refractivity contribution in [3.8, 4) is 5.69 Å². The van der Waals surface area contributed by atoms with Crippen LogP contribution in [-0.2, 0) is 19.6 Å². The number of carbonyl (C=O) groups excluding carboxylic acids is 1. The number of ketones is 1. The monoisotopic (exact) mass is 614 g/mol. The Balaban J connectivity index is 1.28. The lowest BCUT2D eigenvalue weighted by molar-refractivity contribution is -0.134. The van der Waals surface area contributed by atoms with Gasteiger partial charge >= 0.3 is 6.18 Å². The molecule has 0 radical (unpaired) electrons. The Bertz CT molecular complexity index is 1690. The minimum absolute atomic E-state index is 0.0151. The SMILES string of the molecule is Cn1cnc(SN(C2CC2)C2CCC3=Cc4c(cnn4-c4ccc(F)cc4)CC3(C(=O)c3ncc(C(F)(F)F)s3)C2)c1. The fourth-order valence-corrected chi connectivity index (χ4v) is 8.16. The molecule has 3 heterocycles. The topological polar surface area (TPSA) is 68.8 Å². The molecule has 0 spiro atoms. The fourth-order valence-electron chi connectivity index (χ4n) is 6.12. The van der Waals surface area contributed by atoms with E-state index in [4.69, 9.17) is 0 Å². The van der Waals surface area contributed by atoms with Gasteiger partial charge in [0.2, 0.25) is 5.78 Å². The van der Waals surface area contributed by atoms with Crippen molar-refractivity contribution < 1.29 is 22.4 Å². The number of alkyl halides is 3. The van der Waals surface area contributed by atoms with Crippen molar-refractivity contribution in [2.24, 2.45) is 12.5 Å². The van der Waals surface area contributed by atoms with Crippen LogP contribution < -0.4 is 0 Å².